The highest BCUT2D eigenvalue weighted by molar-refractivity contribution is 5.72. The Morgan fingerprint density at radius 1 is 1.50 bits per heavy atom. The topological polar surface area (TPSA) is 29.5 Å². The molecule has 0 N–H and O–H groups in total. The SMILES string of the molecule is CCCC1CCN(CC(C)C(=O)OCC)C1. The molecule has 0 aromatic heterocycles. The van der Waals surface area contributed by atoms with Gasteiger partial charge in [0.05, 0.1) is 12.5 Å². The Balaban J connectivity index is 2.25. The van der Waals surface area contributed by atoms with E-state index in [1.165, 1.54) is 19.3 Å². The molecule has 0 aliphatic carbocycles. The van der Waals surface area contributed by atoms with Crippen molar-refractivity contribution in [2.24, 2.45) is 11.8 Å². The summed E-state index contributed by atoms with van der Waals surface area (Å²) in [5.74, 6) is 0.807. The van der Waals surface area contributed by atoms with E-state index in [0.717, 1.165) is 25.6 Å². The van der Waals surface area contributed by atoms with Gasteiger partial charge in [-0.15, -0.1) is 0 Å². The molecule has 0 bridgehead atoms. The Morgan fingerprint density at radius 3 is 2.88 bits per heavy atom. The van der Waals surface area contributed by atoms with Crippen molar-refractivity contribution >= 4 is 5.97 Å². The van der Waals surface area contributed by atoms with E-state index >= 15 is 0 Å². The molecule has 0 saturated carbocycles. The third-order valence-corrected chi connectivity index (χ3v) is 3.29. The molecular weight excluding hydrogens is 202 g/mol. The zero-order valence-corrected chi connectivity index (χ0v) is 10.9. The number of esters is 1. The molecule has 2 unspecified atom stereocenters. The summed E-state index contributed by atoms with van der Waals surface area (Å²) in [6, 6.07) is 0. The number of hydrogen-bond donors (Lipinski definition) is 0. The Labute approximate surface area is 99.1 Å². The standard InChI is InChI=1S/C13H25NO2/c1-4-6-12-7-8-14(10-12)9-11(3)13(15)16-5-2/h11-12H,4-10H2,1-3H3. The monoisotopic (exact) mass is 227 g/mol. The number of carbonyl (C=O) groups excluding carboxylic acids is 1. The van der Waals surface area contributed by atoms with Gasteiger partial charge in [-0.3, -0.25) is 4.79 Å². The van der Waals surface area contributed by atoms with Crippen molar-refractivity contribution in [1.29, 1.82) is 0 Å². The number of likely N-dealkylation sites (tertiary alicyclic amines) is 1. The lowest BCUT2D eigenvalue weighted by Gasteiger charge is -2.19. The van der Waals surface area contributed by atoms with Crippen LogP contribution in [0.4, 0.5) is 0 Å². The van der Waals surface area contributed by atoms with Gasteiger partial charge in [0.1, 0.15) is 0 Å². The van der Waals surface area contributed by atoms with Crippen LogP contribution < -0.4 is 0 Å². The fourth-order valence-electron chi connectivity index (χ4n) is 2.47. The van der Waals surface area contributed by atoms with Gasteiger partial charge in [-0.05, 0) is 32.2 Å². The van der Waals surface area contributed by atoms with E-state index in [-0.39, 0.29) is 11.9 Å². The van der Waals surface area contributed by atoms with Crippen molar-refractivity contribution in [3.63, 3.8) is 0 Å². The fourth-order valence-corrected chi connectivity index (χ4v) is 2.47. The highest BCUT2D eigenvalue weighted by Crippen LogP contribution is 2.21. The second-order valence-electron chi connectivity index (χ2n) is 4.86. The van der Waals surface area contributed by atoms with E-state index < -0.39 is 0 Å². The first-order valence-electron chi connectivity index (χ1n) is 6.56. The summed E-state index contributed by atoms with van der Waals surface area (Å²) >= 11 is 0. The summed E-state index contributed by atoms with van der Waals surface area (Å²) in [7, 11) is 0. The van der Waals surface area contributed by atoms with Gasteiger partial charge in [0.25, 0.3) is 0 Å². The molecule has 1 aliphatic rings. The summed E-state index contributed by atoms with van der Waals surface area (Å²) in [4.78, 5) is 13.9. The van der Waals surface area contributed by atoms with Crippen LogP contribution in [-0.2, 0) is 9.53 Å². The molecule has 3 heteroatoms. The van der Waals surface area contributed by atoms with Gasteiger partial charge >= 0.3 is 5.97 Å². The average Bonchev–Trinajstić information content (AvgIpc) is 2.66. The zero-order chi connectivity index (χ0) is 12.0. The third kappa shape index (κ3) is 4.12. The molecular formula is C13H25NO2. The van der Waals surface area contributed by atoms with Crippen LogP contribution in [0.5, 0.6) is 0 Å². The van der Waals surface area contributed by atoms with Crippen LogP contribution in [-0.4, -0.2) is 37.1 Å². The minimum absolute atomic E-state index is 0.0142. The van der Waals surface area contributed by atoms with E-state index in [9.17, 15) is 4.79 Å². The van der Waals surface area contributed by atoms with Crippen LogP contribution in [0, 0.1) is 11.8 Å². The maximum Gasteiger partial charge on any atom is 0.309 e. The predicted octanol–water partition coefficient (Wildman–Crippen LogP) is 2.31. The maximum absolute atomic E-state index is 11.5. The first kappa shape index (κ1) is 13.5. The molecule has 0 spiro atoms. The van der Waals surface area contributed by atoms with Gasteiger partial charge in [0.15, 0.2) is 0 Å². The van der Waals surface area contributed by atoms with E-state index in [1.54, 1.807) is 0 Å². The second-order valence-corrected chi connectivity index (χ2v) is 4.86. The van der Waals surface area contributed by atoms with Crippen molar-refractivity contribution < 1.29 is 9.53 Å². The zero-order valence-electron chi connectivity index (χ0n) is 10.9. The number of ether oxygens (including phenoxy) is 1. The summed E-state index contributed by atoms with van der Waals surface area (Å²) in [6.07, 6.45) is 3.89. The Kier molecular flexibility index (Phi) is 5.81. The first-order valence-corrected chi connectivity index (χ1v) is 6.56. The number of hydrogen-bond acceptors (Lipinski definition) is 3. The highest BCUT2D eigenvalue weighted by Gasteiger charge is 2.25. The average molecular weight is 227 g/mol. The van der Waals surface area contributed by atoms with Crippen molar-refractivity contribution in [2.45, 2.75) is 40.0 Å². The van der Waals surface area contributed by atoms with E-state index in [4.69, 9.17) is 4.74 Å². The molecule has 2 atom stereocenters. The smallest absolute Gasteiger partial charge is 0.309 e. The second kappa shape index (κ2) is 6.89. The molecule has 1 fully saturated rings. The minimum atomic E-state index is -0.0542. The van der Waals surface area contributed by atoms with Crippen LogP contribution in [0.2, 0.25) is 0 Å². The largest absolute Gasteiger partial charge is 0.466 e. The molecule has 16 heavy (non-hydrogen) atoms. The molecule has 3 nitrogen and oxygen atoms in total. The van der Waals surface area contributed by atoms with Crippen molar-refractivity contribution in [1.82, 2.24) is 4.90 Å². The normalized spacial score (nSPS) is 23.3. The van der Waals surface area contributed by atoms with Crippen LogP contribution in [0.3, 0.4) is 0 Å². The molecule has 1 saturated heterocycles. The van der Waals surface area contributed by atoms with E-state index in [0.29, 0.717) is 6.61 Å². The van der Waals surface area contributed by atoms with Gasteiger partial charge in [0.2, 0.25) is 0 Å². The lowest BCUT2D eigenvalue weighted by molar-refractivity contribution is -0.147. The molecule has 0 radical (unpaired) electrons. The quantitative estimate of drug-likeness (QED) is 0.652. The van der Waals surface area contributed by atoms with Crippen LogP contribution in [0.15, 0.2) is 0 Å². The van der Waals surface area contributed by atoms with Gasteiger partial charge in [-0.1, -0.05) is 20.3 Å². The number of rotatable bonds is 6. The lowest BCUT2D eigenvalue weighted by Crippen LogP contribution is -2.31. The van der Waals surface area contributed by atoms with Crippen LogP contribution >= 0.6 is 0 Å². The Hall–Kier alpha value is -0.570. The predicted molar refractivity (Wildman–Crippen MR) is 65.3 cm³/mol. The molecule has 94 valence electrons. The lowest BCUT2D eigenvalue weighted by atomic mass is 10.0. The molecule has 0 amide bonds. The van der Waals surface area contributed by atoms with Crippen LogP contribution in [0.25, 0.3) is 0 Å². The van der Waals surface area contributed by atoms with Gasteiger partial charge in [0, 0.05) is 13.1 Å². The van der Waals surface area contributed by atoms with E-state index in [2.05, 4.69) is 11.8 Å². The third-order valence-electron chi connectivity index (χ3n) is 3.29. The summed E-state index contributed by atoms with van der Waals surface area (Å²) < 4.78 is 5.02. The first-order chi connectivity index (χ1) is 7.67. The van der Waals surface area contributed by atoms with Gasteiger partial charge < -0.3 is 9.64 Å². The van der Waals surface area contributed by atoms with Crippen molar-refractivity contribution in [3.8, 4) is 0 Å². The molecule has 1 rings (SSSR count). The number of carbonyl (C=O) groups is 1. The Bertz CT molecular complexity index is 218. The fraction of sp³-hybridized carbons (Fsp3) is 0.923. The maximum atomic E-state index is 11.5. The van der Waals surface area contributed by atoms with Crippen LogP contribution in [0.1, 0.15) is 40.0 Å². The summed E-state index contributed by atoms with van der Waals surface area (Å²) in [6.45, 7) is 9.72. The Morgan fingerprint density at radius 2 is 2.25 bits per heavy atom. The minimum Gasteiger partial charge on any atom is -0.466 e. The molecule has 0 aromatic carbocycles. The molecule has 1 heterocycles. The highest BCUT2D eigenvalue weighted by atomic mass is 16.5. The summed E-state index contributed by atoms with van der Waals surface area (Å²) in [5.41, 5.74) is 0. The number of nitrogens with zero attached hydrogens (tertiary/aromatic N) is 1. The molecule has 1 aliphatic heterocycles. The summed E-state index contributed by atoms with van der Waals surface area (Å²) in [5, 5.41) is 0. The van der Waals surface area contributed by atoms with E-state index in [1.807, 2.05) is 13.8 Å². The molecule has 0 aromatic rings. The van der Waals surface area contributed by atoms with Gasteiger partial charge in [-0.25, -0.2) is 0 Å². The van der Waals surface area contributed by atoms with Crippen molar-refractivity contribution in [2.75, 3.05) is 26.2 Å². The van der Waals surface area contributed by atoms with Crippen molar-refractivity contribution in [3.05, 3.63) is 0 Å². The van der Waals surface area contributed by atoms with Gasteiger partial charge in [-0.2, -0.15) is 0 Å².